The SMILES string of the molecule is CC(NS(=O)(=O)c1ccc(N)cc1Cl)C(=O)N(C)C. The highest BCUT2D eigenvalue weighted by molar-refractivity contribution is 7.89. The van der Waals surface area contributed by atoms with Crippen LogP contribution in [0.3, 0.4) is 0 Å². The van der Waals surface area contributed by atoms with E-state index in [4.69, 9.17) is 17.3 Å². The number of nitrogen functional groups attached to an aromatic ring is 1. The number of carbonyl (C=O) groups excluding carboxylic acids is 1. The van der Waals surface area contributed by atoms with Gasteiger partial charge in [0.15, 0.2) is 0 Å². The van der Waals surface area contributed by atoms with Crippen molar-refractivity contribution in [2.24, 2.45) is 0 Å². The van der Waals surface area contributed by atoms with Crippen molar-refractivity contribution in [1.82, 2.24) is 9.62 Å². The first kappa shape index (κ1) is 15.7. The van der Waals surface area contributed by atoms with E-state index in [1.54, 1.807) is 14.1 Å². The van der Waals surface area contributed by atoms with Gasteiger partial charge in [-0.25, -0.2) is 8.42 Å². The molecule has 0 radical (unpaired) electrons. The van der Waals surface area contributed by atoms with Crippen molar-refractivity contribution in [2.75, 3.05) is 19.8 Å². The first-order valence-corrected chi connectivity index (χ1v) is 7.30. The van der Waals surface area contributed by atoms with Crippen molar-refractivity contribution in [1.29, 1.82) is 0 Å². The normalized spacial score (nSPS) is 13.1. The van der Waals surface area contributed by atoms with Crippen molar-refractivity contribution >= 4 is 33.2 Å². The number of nitrogens with one attached hydrogen (secondary N) is 1. The summed E-state index contributed by atoms with van der Waals surface area (Å²) >= 11 is 5.85. The molecule has 0 aliphatic carbocycles. The van der Waals surface area contributed by atoms with Crippen LogP contribution in [0.2, 0.25) is 5.02 Å². The maximum Gasteiger partial charge on any atom is 0.242 e. The lowest BCUT2D eigenvalue weighted by molar-refractivity contribution is -0.130. The van der Waals surface area contributed by atoms with Gasteiger partial charge in [0.1, 0.15) is 4.90 Å². The first-order valence-electron chi connectivity index (χ1n) is 5.43. The number of hydrogen-bond acceptors (Lipinski definition) is 4. The quantitative estimate of drug-likeness (QED) is 0.800. The minimum atomic E-state index is -3.87. The lowest BCUT2D eigenvalue weighted by Crippen LogP contribution is -2.44. The van der Waals surface area contributed by atoms with Gasteiger partial charge in [-0.05, 0) is 25.1 Å². The molecule has 0 spiro atoms. The van der Waals surface area contributed by atoms with Gasteiger partial charge in [0.25, 0.3) is 0 Å². The van der Waals surface area contributed by atoms with E-state index in [0.29, 0.717) is 5.69 Å². The van der Waals surface area contributed by atoms with Crippen LogP contribution in [-0.4, -0.2) is 39.4 Å². The Balaban J connectivity index is 3.02. The number of nitrogens with two attached hydrogens (primary N) is 1. The molecule has 1 rings (SSSR count). The molecule has 106 valence electrons. The Morgan fingerprint density at radius 2 is 2.00 bits per heavy atom. The molecule has 1 aromatic carbocycles. The van der Waals surface area contributed by atoms with Gasteiger partial charge in [0.05, 0.1) is 11.1 Å². The molecule has 0 aliphatic rings. The topological polar surface area (TPSA) is 92.5 Å². The number of hydrogen-bond donors (Lipinski definition) is 2. The molecule has 0 bridgehead atoms. The summed E-state index contributed by atoms with van der Waals surface area (Å²) in [5.74, 6) is -0.352. The van der Waals surface area contributed by atoms with Crippen LogP contribution in [0.4, 0.5) is 5.69 Å². The van der Waals surface area contributed by atoms with Crippen LogP contribution in [0.15, 0.2) is 23.1 Å². The summed E-state index contributed by atoms with van der Waals surface area (Å²) in [7, 11) is -0.781. The number of benzene rings is 1. The second kappa shape index (κ2) is 5.77. The van der Waals surface area contributed by atoms with E-state index in [1.165, 1.54) is 30.0 Å². The van der Waals surface area contributed by atoms with Crippen LogP contribution >= 0.6 is 11.6 Å². The van der Waals surface area contributed by atoms with Gasteiger partial charge in [-0.3, -0.25) is 4.79 Å². The maximum atomic E-state index is 12.1. The Morgan fingerprint density at radius 1 is 1.42 bits per heavy atom. The third kappa shape index (κ3) is 3.82. The van der Waals surface area contributed by atoms with Gasteiger partial charge in [-0.15, -0.1) is 0 Å². The summed E-state index contributed by atoms with van der Waals surface area (Å²) in [4.78, 5) is 12.8. The molecule has 19 heavy (non-hydrogen) atoms. The maximum absolute atomic E-state index is 12.1. The number of amides is 1. The molecule has 3 N–H and O–H groups in total. The summed E-state index contributed by atoms with van der Waals surface area (Å²) in [6.45, 7) is 1.46. The minimum Gasteiger partial charge on any atom is -0.399 e. The average Bonchev–Trinajstić information content (AvgIpc) is 2.26. The molecular formula is C11H16ClN3O3S. The number of anilines is 1. The molecule has 0 saturated carbocycles. The van der Waals surface area contributed by atoms with Crippen LogP contribution in [0.1, 0.15) is 6.92 Å². The standard InChI is InChI=1S/C11H16ClN3O3S/c1-7(11(16)15(2)3)14-19(17,18)10-5-4-8(13)6-9(10)12/h4-7,14H,13H2,1-3H3. The number of halogens is 1. The third-order valence-corrected chi connectivity index (χ3v) is 4.41. The van der Waals surface area contributed by atoms with Crippen LogP contribution in [0.5, 0.6) is 0 Å². The lowest BCUT2D eigenvalue weighted by atomic mass is 10.3. The minimum absolute atomic E-state index is 0.0111. The Hall–Kier alpha value is -1.31. The highest BCUT2D eigenvalue weighted by Gasteiger charge is 2.24. The number of nitrogens with zero attached hydrogens (tertiary/aromatic N) is 1. The number of rotatable bonds is 4. The molecule has 8 heteroatoms. The van der Waals surface area contributed by atoms with E-state index in [0.717, 1.165) is 0 Å². The van der Waals surface area contributed by atoms with E-state index >= 15 is 0 Å². The molecule has 1 aromatic rings. The van der Waals surface area contributed by atoms with Crippen LogP contribution in [0, 0.1) is 0 Å². The van der Waals surface area contributed by atoms with Gasteiger partial charge >= 0.3 is 0 Å². The van der Waals surface area contributed by atoms with E-state index in [1.807, 2.05) is 0 Å². The fraction of sp³-hybridized carbons (Fsp3) is 0.364. The average molecular weight is 306 g/mol. The highest BCUT2D eigenvalue weighted by atomic mass is 35.5. The fourth-order valence-corrected chi connectivity index (χ4v) is 3.22. The van der Waals surface area contributed by atoms with Crippen molar-refractivity contribution in [3.05, 3.63) is 23.2 Å². The van der Waals surface area contributed by atoms with Crippen molar-refractivity contribution in [2.45, 2.75) is 17.9 Å². The zero-order valence-electron chi connectivity index (χ0n) is 10.8. The van der Waals surface area contributed by atoms with Crippen molar-refractivity contribution in [3.8, 4) is 0 Å². The summed E-state index contributed by atoms with van der Waals surface area (Å²) in [5.41, 5.74) is 5.86. The van der Waals surface area contributed by atoms with Gasteiger partial charge in [-0.1, -0.05) is 11.6 Å². The van der Waals surface area contributed by atoms with Gasteiger partial charge in [0.2, 0.25) is 15.9 Å². The molecule has 6 nitrogen and oxygen atoms in total. The molecule has 0 saturated heterocycles. The summed E-state index contributed by atoms with van der Waals surface area (Å²) in [6.07, 6.45) is 0. The number of likely N-dealkylation sites (N-methyl/N-ethyl adjacent to an activating group) is 1. The number of carbonyl (C=O) groups is 1. The zero-order chi connectivity index (χ0) is 14.8. The smallest absolute Gasteiger partial charge is 0.242 e. The Kier molecular flexibility index (Phi) is 4.78. The molecule has 0 heterocycles. The first-order chi connectivity index (χ1) is 8.65. The van der Waals surface area contributed by atoms with Crippen molar-refractivity contribution in [3.63, 3.8) is 0 Å². The van der Waals surface area contributed by atoms with Gasteiger partial charge in [0, 0.05) is 19.8 Å². The van der Waals surface area contributed by atoms with Crippen LogP contribution in [-0.2, 0) is 14.8 Å². The predicted octanol–water partition coefficient (Wildman–Crippen LogP) is 0.677. The van der Waals surface area contributed by atoms with Gasteiger partial charge in [-0.2, -0.15) is 4.72 Å². The van der Waals surface area contributed by atoms with E-state index in [2.05, 4.69) is 4.72 Å². The fourth-order valence-electron chi connectivity index (χ4n) is 1.47. The summed E-state index contributed by atoms with van der Waals surface area (Å²) in [5, 5.41) is 0.0111. The molecule has 1 amide bonds. The molecule has 0 fully saturated rings. The third-order valence-electron chi connectivity index (χ3n) is 2.39. The van der Waals surface area contributed by atoms with Crippen molar-refractivity contribution < 1.29 is 13.2 Å². The Bertz CT molecular complexity index is 587. The second-order valence-electron chi connectivity index (χ2n) is 4.27. The van der Waals surface area contributed by atoms with E-state index in [-0.39, 0.29) is 15.8 Å². The molecule has 1 unspecified atom stereocenters. The van der Waals surface area contributed by atoms with E-state index in [9.17, 15) is 13.2 Å². The molecular weight excluding hydrogens is 290 g/mol. The lowest BCUT2D eigenvalue weighted by Gasteiger charge is -2.18. The Morgan fingerprint density at radius 3 is 2.47 bits per heavy atom. The predicted molar refractivity (Wildman–Crippen MR) is 74.3 cm³/mol. The highest BCUT2D eigenvalue weighted by Crippen LogP contribution is 2.23. The summed E-state index contributed by atoms with van der Waals surface area (Å²) < 4.78 is 26.5. The van der Waals surface area contributed by atoms with E-state index < -0.39 is 16.1 Å². The number of sulfonamides is 1. The van der Waals surface area contributed by atoms with Gasteiger partial charge < -0.3 is 10.6 Å². The second-order valence-corrected chi connectivity index (χ2v) is 6.36. The van der Waals surface area contributed by atoms with Crippen LogP contribution < -0.4 is 10.5 Å². The monoisotopic (exact) mass is 305 g/mol. The largest absolute Gasteiger partial charge is 0.399 e. The zero-order valence-corrected chi connectivity index (χ0v) is 12.4. The molecule has 1 atom stereocenters. The van der Waals surface area contributed by atoms with Crippen LogP contribution in [0.25, 0.3) is 0 Å². The molecule has 0 aliphatic heterocycles. The molecule has 0 aromatic heterocycles. The Labute approximate surface area is 117 Å². The summed E-state index contributed by atoms with van der Waals surface area (Å²) in [6, 6.07) is 3.19.